The molecule has 1 heterocycles. The van der Waals surface area contributed by atoms with Gasteiger partial charge in [-0.2, -0.15) is 0 Å². The van der Waals surface area contributed by atoms with E-state index < -0.39 is 0 Å². The van der Waals surface area contributed by atoms with Crippen molar-refractivity contribution < 1.29 is 4.79 Å². The second-order valence-corrected chi connectivity index (χ2v) is 4.90. The maximum atomic E-state index is 11.9. The van der Waals surface area contributed by atoms with Crippen LogP contribution in [0.2, 0.25) is 0 Å². The molecule has 1 aromatic rings. The van der Waals surface area contributed by atoms with Crippen molar-refractivity contribution >= 4 is 11.9 Å². The summed E-state index contributed by atoms with van der Waals surface area (Å²) in [6.07, 6.45) is 2.46. The molecule has 1 rings (SSSR count). The highest BCUT2D eigenvalue weighted by molar-refractivity contribution is 5.84. The van der Waals surface area contributed by atoms with Crippen LogP contribution in [0.1, 0.15) is 12.6 Å². The third-order valence-corrected chi connectivity index (χ3v) is 2.81. The normalized spacial score (nSPS) is 11.0. The highest BCUT2D eigenvalue weighted by Gasteiger charge is 2.08. The first-order valence-corrected chi connectivity index (χ1v) is 6.81. The molecule has 1 aromatic heterocycles. The minimum atomic E-state index is -0.0778. The molecule has 0 aliphatic carbocycles. The van der Waals surface area contributed by atoms with E-state index in [1.807, 2.05) is 25.1 Å². The number of likely N-dealkylation sites (N-methyl/N-ethyl adjacent to an activating group) is 1. The Kier molecular flexibility index (Phi) is 6.94. The van der Waals surface area contributed by atoms with E-state index in [4.69, 9.17) is 5.73 Å². The molecular formula is C15H23N5O. The molecule has 0 saturated carbocycles. The van der Waals surface area contributed by atoms with Crippen LogP contribution in [-0.2, 0) is 11.2 Å². The van der Waals surface area contributed by atoms with Crippen molar-refractivity contribution in [2.45, 2.75) is 13.3 Å². The number of carbonyl (C=O) groups excluding carboxylic acids is 1. The molecule has 0 saturated heterocycles. The Labute approximate surface area is 125 Å². The molecule has 0 fully saturated rings. The van der Waals surface area contributed by atoms with Crippen LogP contribution in [-0.4, -0.2) is 48.4 Å². The molecule has 6 heteroatoms. The molecule has 0 aromatic carbocycles. The summed E-state index contributed by atoms with van der Waals surface area (Å²) in [5.41, 5.74) is 7.56. The molecule has 21 heavy (non-hydrogen) atoms. The van der Waals surface area contributed by atoms with Crippen LogP contribution in [0.3, 0.4) is 0 Å². The monoisotopic (exact) mass is 289 g/mol. The van der Waals surface area contributed by atoms with Crippen molar-refractivity contribution in [2.75, 3.05) is 26.7 Å². The number of aromatic nitrogens is 1. The van der Waals surface area contributed by atoms with Crippen molar-refractivity contribution in [3.05, 3.63) is 42.2 Å². The Hall–Kier alpha value is -2.37. The summed E-state index contributed by atoms with van der Waals surface area (Å²) in [6, 6.07) is 5.74. The summed E-state index contributed by atoms with van der Waals surface area (Å²) >= 11 is 0. The van der Waals surface area contributed by atoms with Gasteiger partial charge in [0.15, 0.2) is 5.96 Å². The molecule has 0 atom stereocenters. The zero-order valence-corrected chi connectivity index (χ0v) is 12.7. The van der Waals surface area contributed by atoms with E-state index in [9.17, 15) is 4.79 Å². The van der Waals surface area contributed by atoms with Crippen molar-refractivity contribution in [1.82, 2.24) is 15.2 Å². The van der Waals surface area contributed by atoms with E-state index in [2.05, 4.69) is 21.9 Å². The molecule has 0 unspecified atom stereocenters. The van der Waals surface area contributed by atoms with Gasteiger partial charge in [-0.3, -0.25) is 9.78 Å². The van der Waals surface area contributed by atoms with E-state index in [1.54, 1.807) is 18.1 Å². The number of rotatable bonds is 7. The smallest absolute Gasteiger partial charge is 0.244 e. The van der Waals surface area contributed by atoms with Gasteiger partial charge < -0.3 is 16.0 Å². The second kappa shape index (κ2) is 8.73. The van der Waals surface area contributed by atoms with Gasteiger partial charge in [0.2, 0.25) is 5.91 Å². The van der Waals surface area contributed by atoms with E-state index in [1.165, 1.54) is 0 Å². The van der Waals surface area contributed by atoms with E-state index in [0.29, 0.717) is 13.1 Å². The number of pyridine rings is 1. The van der Waals surface area contributed by atoms with Crippen molar-refractivity contribution in [2.24, 2.45) is 10.7 Å². The Morgan fingerprint density at radius 2 is 2.29 bits per heavy atom. The van der Waals surface area contributed by atoms with Crippen LogP contribution in [0.15, 0.2) is 41.5 Å². The summed E-state index contributed by atoms with van der Waals surface area (Å²) in [5.74, 6) is 0.176. The van der Waals surface area contributed by atoms with E-state index >= 15 is 0 Å². The highest BCUT2D eigenvalue weighted by atomic mass is 16.2. The highest BCUT2D eigenvalue weighted by Crippen LogP contribution is 1.97. The van der Waals surface area contributed by atoms with Crippen molar-refractivity contribution in [3.8, 4) is 0 Å². The number of aliphatic imine (C=N–C) groups is 1. The number of hydrogen-bond acceptors (Lipinski definition) is 3. The van der Waals surface area contributed by atoms with E-state index in [-0.39, 0.29) is 18.4 Å². The van der Waals surface area contributed by atoms with Crippen LogP contribution in [0.25, 0.3) is 0 Å². The third-order valence-electron chi connectivity index (χ3n) is 2.81. The lowest BCUT2D eigenvalue weighted by Gasteiger charge is -2.16. The Balaban J connectivity index is 2.34. The Morgan fingerprint density at radius 3 is 2.90 bits per heavy atom. The SMILES string of the molecule is C=C(C)CNC(N)=NCC(=O)N(C)CCc1ccccn1. The number of guanidine groups is 1. The van der Waals surface area contributed by atoms with Gasteiger partial charge in [0.1, 0.15) is 6.54 Å². The molecular weight excluding hydrogens is 266 g/mol. The third kappa shape index (κ3) is 7.10. The summed E-state index contributed by atoms with van der Waals surface area (Å²) in [7, 11) is 1.75. The molecule has 0 bridgehead atoms. The first kappa shape index (κ1) is 16.7. The molecule has 3 N–H and O–H groups in total. The van der Waals surface area contributed by atoms with Crippen molar-refractivity contribution in [1.29, 1.82) is 0 Å². The average molecular weight is 289 g/mol. The molecule has 0 aliphatic rings. The lowest BCUT2D eigenvalue weighted by molar-refractivity contribution is -0.128. The average Bonchev–Trinajstić information content (AvgIpc) is 2.49. The quantitative estimate of drug-likeness (QED) is 0.436. The second-order valence-electron chi connectivity index (χ2n) is 4.90. The number of carbonyl (C=O) groups is 1. The van der Waals surface area contributed by atoms with Crippen LogP contribution in [0.5, 0.6) is 0 Å². The van der Waals surface area contributed by atoms with Crippen LogP contribution in [0, 0.1) is 0 Å². The minimum Gasteiger partial charge on any atom is -0.370 e. The van der Waals surface area contributed by atoms with Gasteiger partial charge in [0.05, 0.1) is 0 Å². The van der Waals surface area contributed by atoms with Gasteiger partial charge >= 0.3 is 0 Å². The molecule has 114 valence electrons. The van der Waals surface area contributed by atoms with Crippen LogP contribution < -0.4 is 11.1 Å². The van der Waals surface area contributed by atoms with Gasteiger partial charge in [-0.1, -0.05) is 18.2 Å². The van der Waals surface area contributed by atoms with Crippen molar-refractivity contribution in [3.63, 3.8) is 0 Å². The molecule has 0 radical (unpaired) electrons. The maximum absolute atomic E-state index is 11.9. The zero-order valence-electron chi connectivity index (χ0n) is 12.7. The number of nitrogens with zero attached hydrogens (tertiary/aromatic N) is 3. The lowest BCUT2D eigenvalue weighted by Crippen LogP contribution is -2.35. The van der Waals surface area contributed by atoms with Gasteiger partial charge in [0, 0.05) is 38.4 Å². The minimum absolute atomic E-state index is 0.0355. The predicted octanol–water partition coefficient (Wildman–Crippen LogP) is 0.563. The van der Waals surface area contributed by atoms with Gasteiger partial charge in [-0.05, 0) is 19.1 Å². The van der Waals surface area contributed by atoms with Crippen LogP contribution >= 0.6 is 0 Å². The van der Waals surface area contributed by atoms with Gasteiger partial charge in [-0.25, -0.2) is 4.99 Å². The fourth-order valence-electron chi connectivity index (χ4n) is 1.52. The Bertz CT molecular complexity index is 498. The van der Waals surface area contributed by atoms with E-state index in [0.717, 1.165) is 17.7 Å². The largest absolute Gasteiger partial charge is 0.370 e. The predicted molar refractivity (Wildman–Crippen MR) is 84.9 cm³/mol. The lowest BCUT2D eigenvalue weighted by atomic mass is 10.2. The molecule has 0 spiro atoms. The Morgan fingerprint density at radius 1 is 1.52 bits per heavy atom. The molecule has 1 amide bonds. The van der Waals surface area contributed by atoms with Gasteiger partial charge in [0.25, 0.3) is 0 Å². The molecule has 6 nitrogen and oxygen atoms in total. The number of nitrogens with one attached hydrogen (secondary N) is 1. The fraction of sp³-hybridized carbons (Fsp3) is 0.400. The fourth-order valence-corrected chi connectivity index (χ4v) is 1.52. The summed E-state index contributed by atoms with van der Waals surface area (Å²) in [5, 5.41) is 2.88. The number of nitrogens with two attached hydrogens (primary N) is 1. The standard InChI is InChI=1S/C15H23N5O/c1-12(2)10-18-15(16)19-11-14(21)20(3)9-7-13-6-4-5-8-17-13/h4-6,8H,1,7,9-11H2,2-3H3,(H3,16,18,19). The van der Waals surface area contributed by atoms with Gasteiger partial charge in [-0.15, -0.1) is 0 Å². The first-order valence-electron chi connectivity index (χ1n) is 6.81. The maximum Gasteiger partial charge on any atom is 0.244 e. The number of hydrogen-bond donors (Lipinski definition) is 2. The topological polar surface area (TPSA) is 83.6 Å². The number of amides is 1. The molecule has 0 aliphatic heterocycles. The zero-order chi connectivity index (χ0) is 15.7. The summed E-state index contributed by atoms with van der Waals surface area (Å²) < 4.78 is 0. The summed E-state index contributed by atoms with van der Waals surface area (Å²) in [6.45, 7) is 6.83. The summed E-state index contributed by atoms with van der Waals surface area (Å²) in [4.78, 5) is 21.8. The van der Waals surface area contributed by atoms with Crippen LogP contribution in [0.4, 0.5) is 0 Å². The first-order chi connectivity index (χ1) is 9.99.